The molecule has 3 N–H and O–H groups in total. The quantitative estimate of drug-likeness (QED) is 0.372. The molecule has 0 saturated heterocycles. The molecule has 0 fully saturated rings. The number of pyridine rings is 1. The molecule has 0 saturated carbocycles. The van der Waals surface area contributed by atoms with Crippen LogP contribution in [0.5, 0.6) is 0 Å². The van der Waals surface area contributed by atoms with Gasteiger partial charge in [-0.05, 0) is 36.4 Å². The fourth-order valence-electron chi connectivity index (χ4n) is 4.42. The normalized spacial score (nSPS) is 11.7. The lowest BCUT2D eigenvalue weighted by Gasteiger charge is -2.10. The van der Waals surface area contributed by atoms with Crippen LogP contribution in [0, 0.1) is 5.82 Å². The maximum atomic E-state index is 14.9. The predicted octanol–water partition coefficient (Wildman–Crippen LogP) is 4.50. The van der Waals surface area contributed by atoms with Crippen molar-refractivity contribution in [3.05, 3.63) is 88.7 Å². The molecule has 0 bridgehead atoms. The molecule has 6 rings (SSSR count). The molecule has 0 unspecified atom stereocenters. The van der Waals surface area contributed by atoms with Crippen LogP contribution < -0.4 is 5.56 Å². The number of carbonyl (C=O) groups is 1. The number of carboxylic acid groups (broad SMARTS) is 1. The van der Waals surface area contributed by atoms with Crippen molar-refractivity contribution in [1.29, 1.82) is 0 Å². The first-order valence-electron chi connectivity index (χ1n) is 10.1. The maximum absolute atomic E-state index is 14.9. The second-order valence-corrected chi connectivity index (χ2v) is 7.69. The first-order chi connectivity index (χ1) is 16.0. The molecule has 0 aliphatic carbocycles. The molecular formula is C24H15FN4O4. The number of nitrogens with zero attached hydrogens (tertiary/aromatic N) is 2. The summed E-state index contributed by atoms with van der Waals surface area (Å²) in [5.41, 5.74) is 2.19. The van der Waals surface area contributed by atoms with Crippen LogP contribution >= 0.6 is 0 Å². The van der Waals surface area contributed by atoms with Gasteiger partial charge in [0.15, 0.2) is 0 Å². The SMILES string of the molecule is O=C(O)c1c(-c2ccc[nH]c2=O)c2c3occc3ccc2n1Cc1cc2[nH]cnc2cc1F. The minimum atomic E-state index is -1.24. The molecule has 33 heavy (non-hydrogen) atoms. The van der Waals surface area contributed by atoms with E-state index in [4.69, 9.17) is 4.42 Å². The van der Waals surface area contributed by atoms with Gasteiger partial charge in [0, 0.05) is 28.8 Å². The average Bonchev–Trinajstić information content (AvgIpc) is 3.51. The Labute approximate surface area is 183 Å². The highest BCUT2D eigenvalue weighted by atomic mass is 19.1. The average molecular weight is 442 g/mol. The Kier molecular flexibility index (Phi) is 4.00. The lowest BCUT2D eigenvalue weighted by molar-refractivity contribution is 0.0687. The van der Waals surface area contributed by atoms with E-state index in [1.54, 1.807) is 36.4 Å². The zero-order chi connectivity index (χ0) is 22.7. The number of H-pyrrole nitrogens is 2. The summed E-state index contributed by atoms with van der Waals surface area (Å²) < 4.78 is 22.1. The number of aromatic carboxylic acids is 1. The molecule has 4 aromatic heterocycles. The number of rotatable bonds is 4. The highest BCUT2D eigenvalue weighted by Crippen LogP contribution is 2.39. The number of nitrogens with one attached hydrogen (secondary N) is 2. The minimum absolute atomic E-state index is 0.0735. The number of hydrogen-bond donors (Lipinski definition) is 3. The Hall–Kier alpha value is -4.66. The number of benzene rings is 2. The molecule has 0 atom stereocenters. The Morgan fingerprint density at radius 3 is 2.88 bits per heavy atom. The number of carboxylic acids is 1. The van der Waals surface area contributed by atoms with Crippen molar-refractivity contribution in [2.24, 2.45) is 0 Å². The summed E-state index contributed by atoms with van der Waals surface area (Å²) in [5.74, 6) is -1.75. The van der Waals surface area contributed by atoms with Gasteiger partial charge < -0.3 is 24.1 Å². The number of aromatic amines is 2. The van der Waals surface area contributed by atoms with E-state index in [0.29, 0.717) is 27.5 Å². The van der Waals surface area contributed by atoms with Crippen molar-refractivity contribution < 1.29 is 18.7 Å². The van der Waals surface area contributed by atoms with Crippen molar-refractivity contribution in [2.75, 3.05) is 0 Å². The van der Waals surface area contributed by atoms with E-state index >= 15 is 0 Å². The Balaban J connectivity index is 1.72. The molecule has 9 heteroatoms. The molecule has 8 nitrogen and oxygen atoms in total. The van der Waals surface area contributed by atoms with Gasteiger partial charge in [0.1, 0.15) is 17.1 Å². The van der Waals surface area contributed by atoms with E-state index in [1.165, 1.54) is 29.4 Å². The summed E-state index contributed by atoms with van der Waals surface area (Å²) in [5, 5.41) is 11.5. The van der Waals surface area contributed by atoms with Crippen LogP contribution in [0.2, 0.25) is 0 Å². The second kappa shape index (κ2) is 6.92. The van der Waals surface area contributed by atoms with E-state index in [1.807, 2.05) is 0 Å². The molecule has 2 aromatic carbocycles. The number of halogens is 1. The molecular weight excluding hydrogens is 427 g/mol. The molecule has 162 valence electrons. The van der Waals surface area contributed by atoms with Crippen LogP contribution in [0.25, 0.3) is 44.0 Å². The Morgan fingerprint density at radius 1 is 1.18 bits per heavy atom. The Bertz CT molecular complexity index is 1770. The fourth-order valence-corrected chi connectivity index (χ4v) is 4.42. The lowest BCUT2D eigenvalue weighted by atomic mass is 10.0. The largest absolute Gasteiger partial charge is 0.477 e. The maximum Gasteiger partial charge on any atom is 0.353 e. The van der Waals surface area contributed by atoms with E-state index < -0.39 is 17.3 Å². The first kappa shape index (κ1) is 19.1. The standard InChI is InChI=1S/C24H15FN4O4/c25-15-9-17-16(27-11-28-17)8-13(15)10-29-18-4-3-12-5-7-33-22(12)20(18)19(21(29)24(31)32)14-2-1-6-26-23(14)30/h1-9,11H,10H2,(H,26,30)(H,27,28)(H,31,32). The van der Waals surface area contributed by atoms with Crippen molar-refractivity contribution >= 4 is 38.9 Å². The first-order valence-corrected chi connectivity index (χ1v) is 10.1. The molecule has 6 aromatic rings. The molecule has 4 heterocycles. The lowest BCUT2D eigenvalue weighted by Crippen LogP contribution is -2.14. The summed E-state index contributed by atoms with van der Waals surface area (Å²) in [6, 6.07) is 11.4. The van der Waals surface area contributed by atoms with E-state index in [-0.39, 0.29) is 28.9 Å². The minimum Gasteiger partial charge on any atom is -0.477 e. The topological polar surface area (TPSA) is 117 Å². The Morgan fingerprint density at radius 2 is 2.06 bits per heavy atom. The smallest absolute Gasteiger partial charge is 0.353 e. The van der Waals surface area contributed by atoms with Crippen molar-refractivity contribution in [3.8, 4) is 11.1 Å². The summed E-state index contributed by atoms with van der Waals surface area (Å²) in [4.78, 5) is 34.8. The molecule has 0 amide bonds. The highest BCUT2D eigenvalue weighted by molar-refractivity contribution is 6.17. The third-order valence-corrected chi connectivity index (χ3v) is 5.85. The molecule has 0 radical (unpaired) electrons. The molecule has 0 aliphatic heterocycles. The van der Waals surface area contributed by atoms with Crippen molar-refractivity contribution in [2.45, 2.75) is 6.54 Å². The summed E-state index contributed by atoms with van der Waals surface area (Å²) in [6.45, 7) is -0.0735. The van der Waals surface area contributed by atoms with Crippen LogP contribution in [0.4, 0.5) is 4.39 Å². The number of aromatic nitrogens is 4. The van der Waals surface area contributed by atoms with Crippen LogP contribution in [-0.4, -0.2) is 30.6 Å². The van der Waals surface area contributed by atoms with Crippen LogP contribution in [0.15, 0.2) is 70.5 Å². The van der Waals surface area contributed by atoms with Crippen LogP contribution in [-0.2, 0) is 6.54 Å². The van der Waals surface area contributed by atoms with E-state index in [2.05, 4.69) is 15.0 Å². The van der Waals surface area contributed by atoms with Crippen molar-refractivity contribution in [3.63, 3.8) is 0 Å². The van der Waals surface area contributed by atoms with Gasteiger partial charge in [-0.15, -0.1) is 0 Å². The summed E-state index contributed by atoms with van der Waals surface area (Å²) in [6.07, 6.45) is 4.45. The van der Waals surface area contributed by atoms with E-state index in [0.717, 1.165) is 5.39 Å². The number of fused-ring (bicyclic) bond motifs is 4. The van der Waals surface area contributed by atoms with Gasteiger partial charge >= 0.3 is 5.97 Å². The molecule has 0 spiro atoms. The predicted molar refractivity (Wildman–Crippen MR) is 120 cm³/mol. The van der Waals surface area contributed by atoms with Gasteiger partial charge in [0.05, 0.1) is 46.6 Å². The fraction of sp³-hybridized carbons (Fsp3) is 0.0417. The second-order valence-electron chi connectivity index (χ2n) is 7.69. The van der Waals surface area contributed by atoms with Gasteiger partial charge in [0.25, 0.3) is 5.56 Å². The summed E-state index contributed by atoms with van der Waals surface area (Å²) in [7, 11) is 0. The van der Waals surface area contributed by atoms with Crippen molar-refractivity contribution in [1.82, 2.24) is 19.5 Å². The third-order valence-electron chi connectivity index (χ3n) is 5.85. The number of furan rings is 1. The number of hydrogen-bond acceptors (Lipinski definition) is 4. The van der Waals surface area contributed by atoms with Gasteiger partial charge in [-0.1, -0.05) is 0 Å². The zero-order valence-corrected chi connectivity index (χ0v) is 16.9. The number of imidazole rings is 1. The van der Waals surface area contributed by atoms with Crippen LogP contribution in [0.3, 0.4) is 0 Å². The highest BCUT2D eigenvalue weighted by Gasteiger charge is 2.28. The monoisotopic (exact) mass is 442 g/mol. The van der Waals surface area contributed by atoms with Gasteiger partial charge in [-0.3, -0.25) is 4.79 Å². The van der Waals surface area contributed by atoms with Crippen LogP contribution in [0.1, 0.15) is 16.1 Å². The van der Waals surface area contributed by atoms with Gasteiger partial charge in [0.2, 0.25) is 0 Å². The summed E-state index contributed by atoms with van der Waals surface area (Å²) >= 11 is 0. The van der Waals surface area contributed by atoms with Gasteiger partial charge in [-0.2, -0.15) is 0 Å². The zero-order valence-electron chi connectivity index (χ0n) is 16.9. The van der Waals surface area contributed by atoms with E-state index in [9.17, 15) is 19.1 Å². The molecule has 0 aliphatic rings. The third kappa shape index (κ3) is 2.79. The van der Waals surface area contributed by atoms with Gasteiger partial charge in [-0.25, -0.2) is 14.2 Å².